The van der Waals surface area contributed by atoms with Gasteiger partial charge >= 0.3 is 0 Å². The zero-order valence-electron chi connectivity index (χ0n) is 9.47. The summed E-state index contributed by atoms with van der Waals surface area (Å²) in [7, 11) is 0. The van der Waals surface area contributed by atoms with Crippen LogP contribution in [0.15, 0.2) is 24.3 Å². The summed E-state index contributed by atoms with van der Waals surface area (Å²) in [6.07, 6.45) is 0.779. The van der Waals surface area contributed by atoms with Gasteiger partial charge in [-0.1, -0.05) is 25.1 Å². The average Bonchev–Trinajstić information content (AvgIpc) is 2.69. The number of hydrogen-bond donors (Lipinski definition) is 3. The zero-order chi connectivity index (χ0) is 12.3. The summed E-state index contributed by atoms with van der Waals surface area (Å²) in [4.78, 5) is 0. The number of hydrogen-bond acceptors (Lipinski definition) is 4. The average molecular weight is 250 g/mol. The summed E-state index contributed by atoms with van der Waals surface area (Å²) in [6.45, 7) is 2.50. The molecule has 0 radical (unpaired) electrons. The maximum absolute atomic E-state index is 9.64. The molecule has 0 bridgehead atoms. The number of para-hydroxylation sites is 1. The van der Waals surface area contributed by atoms with Crippen LogP contribution in [0.3, 0.4) is 0 Å². The van der Waals surface area contributed by atoms with E-state index in [1.54, 1.807) is 16.8 Å². The Morgan fingerprint density at radius 2 is 2.24 bits per heavy atom. The van der Waals surface area contributed by atoms with Crippen LogP contribution >= 0.6 is 12.2 Å². The molecule has 0 fully saturated rings. The Bertz CT molecular complexity index is 561. The van der Waals surface area contributed by atoms with E-state index in [2.05, 4.69) is 15.6 Å². The second kappa shape index (κ2) is 5.01. The van der Waals surface area contributed by atoms with Gasteiger partial charge in [0.15, 0.2) is 5.82 Å². The molecule has 5 nitrogen and oxygen atoms in total. The highest BCUT2D eigenvalue weighted by molar-refractivity contribution is 7.71. The van der Waals surface area contributed by atoms with Crippen molar-refractivity contribution in [2.45, 2.75) is 19.9 Å². The highest BCUT2D eigenvalue weighted by Crippen LogP contribution is 2.15. The second-order valence-electron chi connectivity index (χ2n) is 3.60. The van der Waals surface area contributed by atoms with Crippen molar-refractivity contribution >= 4 is 12.2 Å². The summed E-state index contributed by atoms with van der Waals surface area (Å²) < 4.78 is 2.25. The highest BCUT2D eigenvalue weighted by Gasteiger charge is 2.04. The number of phenols is 1. The highest BCUT2D eigenvalue weighted by atomic mass is 32.1. The van der Waals surface area contributed by atoms with Crippen LogP contribution in [-0.4, -0.2) is 20.0 Å². The predicted molar refractivity (Wildman–Crippen MR) is 68.0 cm³/mol. The van der Waals surface area contributed by atoms with Crippen LogP contribution in [0.4, 0.5) is 0 Å². The molecule has 6 heteroatoms. The van der Waals surface area contributed by atoms with Gasteiger partial charge in [0.25, 0.3) is 0 Å². The van der Waals surface area contributed by atoms with E-state index in [1.165, 1.54) is 0 Å². The lowest BCUT2D eigenvalue weighted by atomic mass is 10.2. The van der Waals surface area contributed by atoms with Crippen molar-refractivity contribution in [3.8, 4) is 5.75 Å². The number of aromatic amines is 1. The first-order valence-corrected chi connectivity index (χ1v) is 5.80. The third-order valence-corrected chi connectivity index (χ3v) is 2.75. The van der Waals surface area contributed by atoms with Gasteiger partial charge in [-0.2, -0.15) is 5.10 Å². The monoisotopic (exact) mass is 250 g/mol. The van der Waals surface area contributed by atoms with Crippen molar-refractivity contribution < 1.29 is 5.11 Å². The topological polar surface area (TPSA) is 65.9 Å². The quantitative estimate of drug-likeness (QED) is 0.726. The Kier molecular flexibility index (Phi) is 3.43. The molecule has 0 aliphatic heterocycles. The van der Waals surface area contributed by atoms with Gasteiger partial charge < -0.3 is 10.5 Å². The maximum Gasteiger partial charge on any atom is 0.214 e. The predicted octanol–water partition coefficient (Wildman–Crippen LogP) is 1.95. The molecule has 0 saturated carbocycles. The summed E-state index contributed by atoms with van der Waals surface area (Å²) in [5.74, 6) is 1.11. The molecule has 1 heterocycles. The Balaban J connectivity index is 2.15. The van der Waals surface area contributed by atoms with E-state index in [9.17, 15) is 5.11 Å². The number of benzene rings is 1. The van der Waals surface area contributed by atoms with Gasteiger partial charge in [0.2, 0.25) is 4.77 Å². The Morgan fingerprint density at radius 1 is 1.47 bits per heavy atom. The van der Waals surface area contributed by atoms with Gasteiger partial charge in [-0.3, -0.25) is 5.10 Å². The molecule has 0 saturated heterocycles. The molecule has 0 amide bonds. The van der Waals surface area contributed by atoms with Crippen molar-refractivity contribution in [3.05, 3.63) is 40.4 Å². The first-order valence-electron chi connectivity index (χ1n) is 5.39. The molecule has 0 aliphatic carbocycles. The fraction of sp³-hybridized carbons (Fsp3) is 0.273. The van der Waals surface area contributed by atoms with Crippen molar-refractivity contribution in [3.63, 3.8) is 0 Å². The number of nitrogens with one attached hydrogen (secondary N) is 2. The molecule has 0 aliphatic rings. The van der Waals surface area contributed by atoms with Gasteiger partial charge in [-0.25, -0.2) is 4.68 Å². The molecule has 0 spiro atoms. The number of rotatable bonds is 4. The first-order chi connectivity index (χ1) is 8.22. The van der Waals surface area contributed by atoms with Gasteiger partial charge in [0, 0.05) is 12.0 Å². The maximum atomic E-state index is 9.64. The number of H-pyrrole nitrogens is 1. The number of phenolic OH excluding ortho intramolecular Hbond substituents is 1. The van der Waals surface area contributed by atoms with Crippen molar-refractivity contribution in [1.29, 1.82) is 0 Å². The van der Waals surface area contributed by atoms with Crippen LogP contribution in [0.25, 0.3) is 0 Å². The van der Waals surface area contributed by atoms with E-state index in [0.29, 0.717) is 11.3 Å². The molecule has 17 heavy (non-hydrogen) atoms. The normalized spacial score (nSPS) is 10.4. The third kappa shape index (κ3) is 2.47. The van der Waals surface area contributed by atoms with E-state index in [4.69, 9.17) is 12.2 Å². The SMILES string of the molecule is CCc1n[nH]c(=S)n1NCc1ccccc1O. The van der Waals surface area contributed by atoms with E-state index in [-0.39, 0.29) is 5.75 Å². The van der Waals surface area contributed by atoms with Crippen LogP contribution in [-0.2, 0) is 13.0 Å². The molecule has 90 valence electrons. The van der Waals surface area contributed by atoms with Gasteiger partial charge in [-0.15, -0.1) is 0 Å². The largest absolute Gasteiger partial charge is 0.508 e. The molecule has 2 aromatic rings. The van der Waals surface area contributed by atoms with Gasteiger partial charge in [0.1, 0.15) is 5.75 Å². The van der Waals surface area contributed by atoms with Crippen molar-refractivity contribution in [1.82, 2.24) is 14.9 Å². The lowest BCUT2D eigenvalue weighted by Gasteiger charge is -2.10. The third-order valence-electron chi connectivity index (χ3n) is 2.48. The Labute approximate surface area is 104 Å². The fourth-order valence-corrected chi connectivity index (χ4v) is 1.77. The molecule has 0 unspecified atom stereocenters. The molecule has 1 aromatic heterocycles. The van der Waals surface area contributed by atoms with E-state index in [1.807, 2.05) is 19.1 Å². The summed E-state index contributed by atoms with van der Waals surface area (Å²) in [5.41, 5.74) is 3.95. The van der Waals surface area contributed by atoms with Crippen LogP contribution < -0.4 is 5.43 Å². The minimum Gasteiger partial charge on any atom is -0.508 e. The minimum atomic E-state index is 0.271. The number of aryl methyl sites for hydroxylation is 1. The Morgan fingerprint density at radius 3 is 2.94 bits per heavy atom. The van der Waals surface area contributed by atoms with E-state index < -0.39 is 0 Å². The lowest BCUT2D eigenvalue weighted by molar-refractivity contribution is 0.468. The summed E-state index contributed by atoms with van der Waals surface area (Å²) >= 11 is 5.11. The van der Waals surface area contributed by atoms with Gasteiger partial charge in [-0.05, 0) is 18.3 Å². The molecule has 2 rings (SSSR count). The minimum absolute atomic E-state index is 0.271. The van der Waals surface area contributed by atoms with Crippen LogP contribution in [0.1, 0.15) is 18.3 Å². The lowest BCUT2D eigenvalue weighted by Crippen LogP contribution is -2.17. The molecule has 3 N–H and O–H groups in total. The number of aromatic nitrogens is 3. The number of aromatic hydroxyl groups is 1. The Hall–Kier alpha value is -1.82. The van der Waals surface area contributed by atoms with E-state index >= 15 is 0 Å². The fourth-order valence-electron chi connectivity index (χ4n) is 1.55. The molecular formula is C11H14N4OS. The van der Waals surface area contributed by atoms with Crippen LogP contribution in [0.5, 0.6) is 5.75 Å². The van der Waals surface area contributed by atoms with Crippen molar-refractivity contribution in [2.24, 2.45) is 0 Å². The molecule has 1 aromatic carbocycles. The first kappa shape index (κ1) is 11.7. The molecular weight excluding hydrogens is 236 g/mol. The number of nitrogens with zero attached hydrogens (tertiary/aromatic N) is 2. The second-order valence-corrected chi connectivity index (χ2v) is 3.98. The van der Waals surface area contributed by atoms with Crippen molar-refractivity contribution in [2.75, 3.05) is 5.43 Å². The summed E-state index contributed by atoms with van der Waals surface area (Å²) in [5, 5.41) is 16.5. The zero-order valence-corrected chi connectivity index (χ0v) is 10.3. The van der Waals surface area contributed by atoms with Crippen LogP contribution in [0, 0.1) is 4.77 Å². The summed E-state index contributed by atoms with van der Waals surface area (Å²) in [6, 6.07) is 7.19. The smallest absolute Gasteiger partial charge is 0.214 e. The van der Waals surface area contributed by atoms with Crippen LogP contribution in [0.2, 0.25) is 0 Å². The van der Waals surface area contributed by atoms with Gasteiger partial charge in [0.05, 0.1) is 6.54 Å². The standard InChI is InChI=1S/C11H14N4OS/c1-2-10-13-14-11(17)15(10)12-7-8-5-3-4-6-9(8)16/h3-6,12,16H,2,7H2,1H3,(H,14,17). The molecule has 0 atom stereocenters. The van der Waals surface area contributed by atoms with E-state index in [0.717, 1.165) is 17.8 Å².